The van der Waals surface area contributed by atoms with E-state index in [0.717, 1.165) is 5.57 Å². The number of hydroxylamine groups is 2. The van der Waals surface area contributed by atoms with Crippen molar-refractivity contribution in [1.82, 2.24) is 15.1 Å². The number of amides is 2. The van der Waals surface area contributed by atoms with Crippen molar-refractivity contribution in [2.24, 2.45) is 5.92 Å². The lowest BCUT2D eigenvalue weighted by Gasteiger charge is -2.23. The van der Waals surface area contributed by atoms with Crippen LogP contribution in [0.4, 0.5) is 0 Å². The lowest BCUT2D eigenvalue weighted by molar-refractivity contribution is -0.145. The summed E-state index contributed by atoms with van der Waals surface area (Å²) in [7, 11) is 3.10. The average Bonchev–Trinajstić information content (AvgIpc) is 2.75. The van der Waals surface area contributed by atoms with Gasteiger partial charge in [0.15, 0.2) is 0 Å². The minimum Gasteiger partial charge on any atom is -0.496 e. The van der Waals surface area contributed by atoms with Crippen LogP contribution >= 0.6 is 0 Å². The molecular weight excluding hydrogens is 310 g/mol. The van der Waals surface area contributed by atoms with Gasteiger partial charge in [-0.3, -0.25) is 9.59 Å². The number of ether oxygens (including phenoxy) is 1. The highest BCUT2D eigenvalue weighted by molar-refractivity contribution is 6.08. The first-order valence-corrected chi connectivity index (χ1v) is 7.95. The summed E-state index contributed by atoms with van der Waals surface area (Å²) in [4.78, 5) is 31.1. The first-order chi connectivity index (χ1) is 11.5. The van der Waals surface area contributed by atoms with Gasteiger partial charge in [0.1, 0.15) is 11.7 Å². The summed E-state index contributed by atoms with van der Waals surface area (Å²) in [6, 6.07) is 0. The molecule has 2 aliphatic heterocycles. The third-order valence-corrected chi connectivity index (χ3v) is 4.49. The standard InChI is InChI=1S/C17H25N3O4/c1-6-12(3)14(13(7-2)23-4)15-16(21)19-10-8-18(24-5)9-11-20(19)17(15)22/h6-7,15H,2,8-11H2,1,3-5H3/b12-6-,14-13-. The fourth-order valence-electron chi connectivity index (χ4n) is 3.08. The number of carbonyl (C=O) groups excluding carboxylic acids is 2. The molecule has 0 N–H and O–H groups in total. The molecule has 2 heterocycles. The van der Waals surface area contributed by atoms with Crippen LogP contribution in [0.3, 0.4) is 0 Å². The maximum absolute atomic E-state index is 12.9. The van der Waals surface area contributed by atoms with Crippen molar-refractivity contribution in [3.05, 3.63) is 35.6 Å². The van der Waals surface area contributed by atoms with Crippen LogP contribution in [-0.4, -0.2) is 67.3 Å². The van der Waals surface area contributed by atoms with Gasteiger partial charge in [0.25, 0.3) is 11.8 Å². The van der Waals surface area contributed by atoms with Gasteiger partial charge >= 0.3 is 0 Å². The van der Waals surface area contributed by atoms with Crippen molar-refractivity contribution in [3.63, 3.8) is 0 Å². The van der Waals surface area contributed by atoms with E-state index in [0.29, 0.717) is 37.5 Å². The molecule has 0 saturated carbocycles. The van der Waals surface area contributed by atoms with Crippen LogP contribution in [0.2, 0.25) is 0 Å². The maximum atomic E-state index is 12.9. The summed E-state index contributed by atoms with van der Waals surface area (Å²) in [5, 5.41) is 4.78. The molecule has 2 saturated heterocycles. The van der Waals surface area contributed by atoms with Gasteiger partial charge in [0.2, 0.25) is 0 Å². The van der Waals surface area contributed by atoms with Crippen LogP contribution < -0.4 is 0 Å². The monoisotopic (exact) mass is 335 g/mol. The fraction of sp³-hybridized carbons (Fsp3) is 0.529. The molecule has 2 aliphatic rings. The van der Waals surface area contributed by atoms with Crippen molar-refractivity contribution < 1.29 is 19.2 Å². The Labute approximate surface area is 142 Å². The zero-order valence-electron chi connectivity index (χ0n) is 14.7. The van der Waals surface area contributed by atoms with Crippen LogP contribution in [0.15, 0.2) is 35.6 Å². The van der Waals surface area contributed by atoms with Crippen molar-refractivity contribution in [1.29, 1.82) is 0 Å². The van der Waals surface area contributed by atoms with Crippen molar-refractivity contribution in [3.8, 4) is 0 Å². The maximum Gasteiger partial charge on any atom is 0.258 e. The molecule has 0 aromatic heterocycles. The van der Waals surface area contributed by atoms with E-state index in [1.807, 2.05) is 19.9 Å². The van der Waals surface area contributed by atoms with E-state index in [1.165, 1.54) is 23.2 Å². The molecule has 24 heavy (non-hydrogen) atoms. The van der Waals surface area contributed by atoms with E-state index >= 15 is 0 Å². The zero-order valence-corrected chi connectivity index (χ0v) is 14.7. The van der Waals surface area contributed by atoms with Gasteiger partial charge in [-0.2, -0.15) is 5.06 Å². The first kappa shape index (κ1) is 18.2. The van der Waals surface area contributed by atoms with E-state index in [4.69, 9.17) is 9.57 Å². The molecule has 7 heteroatoms. The Morgan fingerprint density at radius 3 is 2.04 bits per heavy atom. The number of fused-ring (bicyclic) bond motifs is 1. The van der Waals surface area contributed by atoms with Gasteiger partial charge in [-0.25, -0.2) is 10.0 Å². The topological polar surface area (TPSA) is 62.3 Å². The molecule has 0 bridgehead atoms. The summed E-state index contributed by atoms with van der Waals surface area (Å²) < 4.78 is 5.36. The molecule has 132 valence electrons. The molecule has 0 spiro atoms. The van der Waals surface area contributed by atoms with Gasteiger partial charge in [0, 0.05) is 18.7 Å². The Morgan fingerprint density at radius 2 is 1.67 bits per heavy atom. The van der Waals surface area contributed by atoms with Crippen molar-refractivity contribution in [2.75, 3.05) is 40.4 Å². The van der Waals surface area contributed by atoms with Crippen LogP contribution in [0.1, 0.15) is 13.8 Å². The normalized spacial score (nSPS) is 21.6. The predicted molar refractivity (Wildman–Crippen MR) is 89.2 cm³/mol. The highest BCUT2D eigenvalue weighted by atomic mass is 16.7. The minimum atomic E-state index is -0.886. The van der Waals surface area contributed by atoms with Crippen LogP contribution in [0.5, 0.6) is 0 Å². The molecule has 0 unspecified atom stereocenters. The van der Waals surface area contributed by atoms with Gasteiger partial charge in [-0.05, 0) is 25.5 Å². The summed E-state index contributed by atoms with van der Waals surface area (Å²) in [5.41, 5.74) is 1.41. The number of rotatable bonds is 5. The number of methoxy groups -OCH3 is 1. The number of hydrazine groups is 1. The number of allylic oxidation sites excluding steroid dienone is 3. The lowest BCUT2D eigenvalue weighted by Crippen LogP contribution is -2.41. The third kappa shape index (κ3) is 3.09. The largest absolute Gasteiger partial charge is 0.496 e. The summed E-state index contributed by atoms with van der Waals surface area (Å²) in [6.45, 7) is 9.39. The van der Waals surface area contributed by atoms with E-state index in [2.05, 4.69) is 6.58 Å². The molecule has 0 radical (unpaired) electrons. The van der Waals surface area contributed by atoms with Crippen molar-refractivity contribution >= 4 is 11.8 Å². The molecule has 2 fully saturated rings. The van der Waals surface area contributed by atoms with E-state index < -0.39 is 5.92 Å². The van der Waals surface area contributed by atoms with Crippen LogP contribution in [-0.2, 0) is 19.2 Å². The second kappa shape index (κ2) is 7.63. The SMILES string of the molecule is C=C/C(OC)=C(\C(C)=C/C)C1C(=O)N2CCN(OC)CCN2C1=O. The minimum absolute atomic E-state index is 0.231. The molecule has 0 aromatic carbocycles. The van der Waals surface area contributed by atoms with E-state index in [1.54, 1.807) is 12.2 Å². The molecule has 2 rings (SSSR count). The zero-order chi connectivity index (χ0) is 17.9. The number of hydrogen-bond acceptors (Lipinski definition) is 5. The number of nitrogens with zero attached hydrogens (tertiary/aromatic N) is 3. The summed E-state index contributed by atoms with van der Waals surface area (Å²) in [6.07, 6.45) is 3.40. The third-order valence-electron chi connectivity index (χ3n) is 4.49. The van der Waals surface area contributed by atoms with E-state index in [-0.39, 0.29) is 11.8 Å². The predicted octanol–water partition coefficient (Wildman–Crippen LogP) is 1.12. The lowest BCUT2D eigenvalue weighted by atomic mass is 9.90. The van der Waals surface area contributed by atoms with Gasteiger partial charge < -0.3 is 9.57 Å². The smallest absolute Gasteiger partial charge is 0.258 e. The molecule has 7 nitrogen and oxygen atoms in total. The first-order valence-electron chi connectivity index (χ1n) is 7.95. The summed E-state index contributed by atoms with van der Waals surface area (Å²) >= 11 is 0. The average molecular weight is 335 g/mol. The Hall–Kier alpha value is -2.12. The van der Waals surface area contributed by atoms with Crippen LogP contribution in [0.25, 0.3) is 0 Å². The molecule has 2 amide bonds. The van der Waals surface area contributed by atoms with E-state index in [9.17, 15) is 9.59 Å². The Morgan fingerprint density at radius 1 is 1.12 bits per heavy atom. The van der Waals surface area contributed by atoms with Crippen LogP contribution in [0, 0.1) is 5.92 Å². The highest BCUT2D eigenvalue weighted by Gasteiger charge is 2.49. The van der Waals surface area contributed by atoms with Gasteiger partial charge in [-0.15, -0.1) is 0 Å². The number of carbonyl (C=O) groups is 2. The summed E-state index contributed by atoms with van der Waals surface area (Å²) in [5.74, 6) is -0.894. The Kier molecular flexibility index (Phi) is 5.80. The second-order valence-corrected chi connectivity index (χ2v) is 5.63. The Balaban J connectivity index is 2.42. The highest BCUT2D eigenvalue weighted by Crippen LogP contribution is 2.33. The van der Waals surface area contributed by atoms with Gasteiger partial charge in [-0.1, -0.05) is 12.7 Å². The fourth-order valence-corrected chi connectivity index (χ4v) is 3.08. The molecule has 0 atom stereocenters. The quantitative estimate of drug-likeness (QED) is 0.428. The van der Waals surface area contributed by atoms with Gasteiger partial charge in [0.05, 0.1) is 27.3 Å². The Bertz CT molecular complexity index is 571. The second-order valence-electron chi connectivity index (χ2n) is 5.63. The van der Waals surface area contributed by atoms with Crippen molar-refractivity contribution in [2.45, 2.75) is 13.8 Å². The number of hydrogen-bond donors (Lipinski definition) is 0. The molecular formula is C17H25N3O4. The molecule has 0 aromatic rings. The molecule has 0 aliphatic carbocycles.